The summed E-state index contributed by atoms with van der Waals surface area (Å²) >= 11 is 0. The second kappa shape index (κ2) is 5.50. The van der Waals surface area contributed by atoms with Crippen LogP contribution >= 0.6 is 0 Å². The summed E-state index contributed by atoms with van der Waals surface area (Å²) in [4.78, 5) is 12.6. The smallest absolute Gasteiger partial charge is 0.261 e. The molecule has 3 aromatic rings. The van der Waals surface area contributed by atoms with Gasteiger partial charge in [-0.2, -0.15) is 10.4 Å². The van der Waals surface area contributed by atoms with Crippen LogP contribution in [-0.4, -0.2) is 20.3 Å². The molecule has 0 aliphatic heterocycles. The normalized spacial score (nSPS) is 10.5. The molecule has 3 aromatic heterocycles. The van der Waals surface area contributed by atoms with E-state index in [1.807, 2.05) is 19.1 Å². The first-order valence-electron chi connectivity index (χ1n) is 7.00. The molecule has 0 aromatic carbocycles. The fourth-order valence-corrected chi connectivity index (χ4v) is 2.47. The number of aryl methyl sites for hydroxylation is 3. The molecule has 0 bridgehead atoms. The molecule has 7 heteroatoms. The number of anilines is 1. The van der Waals surface area contributed by atoms with Gasteiger partial charge in [-0.15, -0.1) is 0 Å². The number of hydrogen-bond acceptors (Lipinski definition) is 4. The van der Waals surface area contributed by atoms with E-state index < -0.39 is 5.91 Å². The molecule has 0 spiro atoms. The molecule has 23 heavy (non-hydrogen) atoms. The number of furan rings is 1. The van der Waals surface area contributed by atoms with Crippen LogP contribution < -0.4 is 5.32 Å². The molecule has 3 heterocycles. The maximum atomic E-state index is 12.6. The third-order valence-electron chi connectivity index (χ3n) is 3.49. The van der Waals surface area contributed by atoms with Crippen LogP contribution in [0.2, 0.25) is 0 Å². The van der Waals surface area contributed by atoms with E-state index in [-0.39, 0.29) is 11.1 Å². The lowest BCUT2D eigenvalue weighted by Crippen LogP contribution is -2.16. The average molecular weight is 309 g/mol. The van der Waals surface area contributed by atoms with Gasteiger partial charge in [0.15, 0.2) is 0 Å². The quantitative estimate of drug-likeness (QED) is 0.805. The maximum absolute atomic E-state index is 12.6. The Morgan fingerprint density at radius 2 is 2.04 bits per heavy atom. The highest BCUT2D eigenvalue weighted by Gasteiger charge is 2.25. The summed E-state index contributed by atoms with van der Waals surface area (Å²) < 4.78 is 8.87. The van der Waals surface area contributed by atoms with E-state index >= 15 is 0 Å². The number of nitrogens with zero attached hydrogens (tertiary/aromatic N) is 4. The minimum absolute atomic E-state index is 0.204. The first-order chi connectivity index (χ1) is 11.0. The number of amides is 1. The molecule has 0 fully saturated rings. The molecule has 116 valence electrons. The molecule has 0 aliphatic carbocycles. The van der Waals surface area contributed by atoms with E-state index in [9.17, 15) is 10.1 Å². The number of nitrogens with one attached hydrogen (secondary N) is 1. The monoisotopic (exact) mass is 309 g/mol. The first kappa shape index (κ1) is 14.7. The van der Waals surface area contributed by atoms with Crippen molar-refractivity contribution in [1.29, 1.82) is 5.26 Å². The topological polar surface area (TPSA) is 88.8 Å². The van der Waals surface area contributed by atoms with Gasteiger partial charge < -0.3 is 9.73 Å². The molecule has 0 radical (unpaired) electrons. The van der Waals surface area contributed by atoms with Gasteiger partial charge in [0.25, 0.3) is 5.91 Å². The highest BCUT2D eigenvalue weighted by Crippen LogP contribution is 2.26. The van der Waals surface area contributed by atoms with Crippen LogP contribution in [0.3, 0.4) is 0 Å². The number of hydrogen-bond donors (Lipinski definition) is 1. The van der Waals surface area contributed by atoms with Gasteiger partial charge in [-0.3, -0.25) is 14.0 Å². The highest BCUT2D eigenvalue weighted by molar-refractivity contribution is 6.06. The number of aromatic nitrogens is 3. The van der Waals surface area contributed by atoms with Crippen molar-refractivity contribution in [2.45, 2.75) is 13.8 Å². The van der Waals surface area contributed by atoms with Crippen molar-refractivity contribution in [3.63, 3.8) is 0 Å². The fourth-order valence-electron chi connectivity index (χ4n) is 2.47. The Kier molecular flexibility index (Phi) is 3.50. The zero-order valence-electron chi connectivity index (χ0n) is 13.0. The summed E-state index contributed by atoms with van der Waals surface area (Å²) in [6.45, 7) is 3.50. The Hall–Kier alpha value is -3.27. The van der Waals surface area contributed by atoms with E-state index in [1.54, 1.807) is 41.7 Å². The van der Waals surface area contributed by atoms with Crippen LogP contribution in [0.1, 0.15) is 27.4 Å². The number of carbonyl (C=O) groups is 1. The predicted octanol–water partition coefficient (Wildman–Crippen LogP) is 2.54. The van der Waals surface area contributed by atoms with Gasteiger partial charge in [-0.1, -0.05) is 0 Å². The molecule has 0 saturated heterocycles. The van der Waals surface area contributed by atoms with Crippen molar-refractivity contribution in [3.8, 4) is 12.0 Å². The molecule has 1 amide bonds. The third kappa shape index (κ3) is 2.51. The Morgan fingerprint density at radius 1 is 1.35 bits per heavy atom. The van der Waals surface area contributed by atoms with Crippen LogP contribution in [0.25, 0.3) is 5.88 Å². The predicted molar refractivity (Wildman–Crippen MR) is 83.4 cm³/mol. The molecular weight excluding hydrogens is 294 g/mol. The molecule has 7 nitrogen and oxygen atoms in total. The van der Waals surface area contributed by atoms with Crippen molar-refractivity contribution in [3.05, 3.63) is 53.2 Å². The molecule has 0 saturated carbocycles. The lowest BCUT2D eigenvalue weighted by Gasteiger charge is -2.04. The van der Waals surface area contributed by atoms with E-state index in [0.717, 1.165) is 5.69 Å². The molecule has 0 atom stereocenters. The molecule has 3 rings (SSSR count). The summed E-state index contributed by atoms with van der Waals surface area (Å²) in [6, 6.07) is 7.45. The van der Waals surface area contributed by atoms with Gasteiger partial charge in [0.2, 0.25) is 5.88 Å². The minimum atomic E-state index is -0.399. The Labute approximate surface area is 132 Å². The van der Waals surface area contributed by atoms with Crippen molar-refractivity contribution in [1.82, 2.24) is 14.3 Å². The summed E-state index contributed by atoms with van der Waals surface area (Å²) in [7, 11) is 1.74. The minimum Gasteiger partial charge on any atom is -0.443 e. The second-order valence-corrected chi connectivity index (χ2v) is 5.16. The van der Waals surface area contributed by atoms with Crippen LogP contribution in [0.4, 0.5) is 5.82 Å². The zero-order chi connectivity index (χ0) is 16.6. The van der Waals surface area contributed by atoms with Gasteiger partial charge in [-0.25, -0.2) is 0 Å². The second-order valence-electron chi connectivity index (χ2n) is 5.16. The van der Waals surface area contributed by atoms with Gasteiger partial charge in [0, 0.05) is 25.5 Å². The van der Waals surface area contributed by atoms with E-state index in [2.05, 4.69) is 16.5 Å². The van der Waals surface area contributed by atoms with Crippen LogP contribution in [0.5, 0.6) is 0 Å². The maximum Gasteiger partial charge on any atom is 0.261 e. The highest BCUT2D eigenvalue weighted by atomic mass is 16.4. The van der Waals surface area contributed by atoms with Crippen molar-refractivity contribution < 1.29 is 9.21 Å². The summed E-state index contributed by atoms with van der Waals surface area (Å²) in [5.41, 5.74) is 1.23. The van der Waals surface area contributed by atoms with Crippen LogP contribution in [-0.2, 0) is 7.05 Å². The van der Waals surface area contributed by atoms with Gasteiger partial charge >= 0.3 is 0 Å². The zero-order valence-corrected chi connectivity index (χ0v) is 13.0. The molecular formula is C16H15N5O2. The van der Waals surface area contributed by atoms with Gasteiger partial charge in [0.1, 0.15) is 28.8 Å². The lowest BCUT2D eigenvalue weighted by atomic mass is 10.1. The first-order valence-corrected chi connectivity index (χ1v) is 7.00. The number of nitriles is 1. The molecule has 0 unspecified atom stereocenters. The third-order valence-corrected chi connectivity index (χ3v) is 3.49. The van der Waals surface area contributed by atoms with E-state index in [1.165, 1.54) is 0 Å². The Bertz CT molecular complexity index is 909. The number of rotatable bonds is 3. The largest absolute Gasteiger partial charge is 0.443 e. The summed E-state index contributed by atoms with van der Waals surface area (Å²) in [5.74, 6) is 0.881. The van der Waals surface area contributed by atoms with Gasteiger partial charge in [-0.05, 0) is 26.0 Å². The molecule has 1 N–H and O–H groups in total. The summed E-state index contributed by atoms with van der Waals surface area (Å²) in [6.07, 6.45) is 3.51. The van der Waals surface area contributed by atoms with Crippen molar-refractivity contribution >= 4 is 11.7 Å². The van der Waals surface area contributed by atoms with Crippen molar-refractivity contribution in [2.24, 2.45) is 7.05 Å². The molecule has 0 aliphatic rings. The fraction of sp³-hybridized carbons (Fsp3) is 0.188. The van der Waals surface area contributed by atoms with E-state index in [0.29, 0.717) is 17.5 Å². The Balaban J connectivity index is 2.01. The van der Waals surface area contributed by atoms with E-state index in [4.69, 9.17) is 4.42 Å². The van der Waals surface area contributed by atoms with Crippen molar-refractivity contribution in [2.75, 3.05) is 5.32 Å². The summed E-state index contributed by atoms with van der Waals surface area (Å²) in [5, 5.41) is 16.4. The Morgan fingerprint density at radius 3 is 2.61 bits per heavy atom. The SMILES string of the molecule is Cc1cc(NC(=O)c2c(C)oc(-n3cccc3)c2C#N)n(C)n1. The standard InChI is InChI=1S/C16H15N5O2/c1-10-8-13(20(3)19-10)18-15(22)14-11(2)23-16(12(14)9-17)21-6-4-5-7-21/h4-8H,1-3H3,(H,18,22). The number of carbonyl (C=O) groups excluding carboxylic acids is 1. The van der Waals surface area contributed by atoms with Crippen LogP contribution in [0.15, 0.2) is 35.0 Å². The lowest BCUT2D eigenvalue weighted by molar-refractivity contribution is 0.102. The average Bonchev–Trinajstić information content (AvgIpc) is 3.18. The van der Waals surface area contributed by atoms with Crippen LogP contribution in [0, 0.1) is 25.2 Å². The van der Waals surface area contributed by atoms with Gasteiger partial charge in [0.05, 0.1) is 5.69 Å².